The molecule has 146 valence electrons. The van der Waals surface area contributed by atoms with Gasteiger partial charge in [-0.25, -0.2) is 0 Å². The number of aromatic nitrogens is 2. The molecule has 0 amide bonds. The van der Waals surface area contributed by atoms with Crippen LogP contribution < -0.4 is 9.47 Å². The lowest BCUT2D eigenvalue weighted by atomic mass is 10.0. The minimum Gasteiger partial charge on any atom is -0.497 e. The molecule has 1 unspecified atom stereocenters. The van der Waals surface area contributed by atoms with Gasteiger partial charge in [0.25, 0.3) is 0 Å². The first-order valence-corrected chi connectivity index (χ1v) is 9.60. The van der Waals surface area contributed by atoms with E-state index in [1.807, 2.05) is 42.5 Å². The predicted octanol–water partition coefficient (Wildman–Crippen LogP) is 4.74. The number of hydrogen-bond acceptors (Lipinski definition) is 6. The molecule has 6 nitrogen and oxygen atoms in total. The standard InChI is InChI=1S/C21H22ClN3O3/c1-26-14-9-10-19(27-2)16(12-14)18-8-5-11-25(18)13-20-23-24-21(28-20)15-6-3-4-7-17(15)22/h3-4,6-7,9-10,12,18H,5,8,11,13H2,1-2H3. The number of hydrogen-bond donors (Lipinski definition) is 0. The lowest BCUT2D eigenvalue weighted by molar-refractivity contribution is 0.220. The topological polar surface area (TPSA) is 60.6 Å². The summed E-state index contributed by atoms with van der Waals surface area (Å²) in [6, 6.07) is 13.6. The maximum absolute atomic E-state index is 6.24. The minimum absolute atomic E-state index is 0.209. The molecule has 0 saturated carbocycles. The number of benzene rings is 2. The summed E-state index contributed by atoms with van der Waals surface area (Å²) in [4.78, 5) is 2.33. The van der Waals surface area contributed by atoms with Gasteiger partial charge in [0.15, 0.2) is 0 Å². The fraction of sp³-hybridized carbons (Fsp3) is 0.333. The van der Waals surface area contributed by atoms with E-state index in [4.69, 9.17) is 25.5 Å². The highest BCUT2D eigenvalue weighted by Crippen LogP contribution is 2.39. The van der Waals surface area contributed by atoms with Gasteiger partial charge in [-0.15, -0.1) is 10.2 Å². The molecule has 1 fully saturated rings. The molecule has 0 aliphatic carbocycles. The van der Waals surface area contributed by atoms with Crippen molar-refractivity contribution in [2.75, 3.05) is 20.8 Å². The molecule has 0 radical (unpaired) electrons. The van der Waals surface area contributed by atoms with Crippen molar-refractivity contribution in [3.8, 4) is 23.0 Å². The van der Waals surface area contributed by atoms with E-state index >= 15 is 0 Å². The third-order valence-corrected chi connectivity index (χ3v) is 5.40. The number of halogens is 1. The van der Waals surface area contributed by atoms with Gasteiger partial charge in [0.2, 0.25) is 11.8 Å². The summed E-state index contributed by atoms with van der Waals surface area (Å²) in [6.45, 7) is 1.53. The van der Waals surface area contributed by atoms with Crippen molar-refractivity contribution in [3.63, 3.8) is 0 Å². The zero-order valence-corrected chi connectivity index (χ0v) is 16.6. The molecule has 0 bridgehead atoms. The van der Waals surface area contributed by atoms with Crippen LogP contribution in [0.4, 0.5) is 0 Å². The van der Waals surface area contributed by atoms with Crippen LogP contribution in [0.2, 0.25) is 5.02 Å². The number of methoxy groups -OCH3 is 2. The summed E-state index contributed by atoms with van der Waals surface area (Å²) in [5, 5.41) is 9.00. The summed E-state index contributed by atoms with van der Waals surface area (Å²) < 4.78 is 16.9. The van der Waals surface area contributed by atoms with Gasteiger partial charge in [0.05, 0.1) is 31.4 Å². The molecular formula is C21H22ClN3O3. The van der Waals surface area contributed by atoms with Gasteiger partial charge in [-0.1, -0.05) is 23.7 Å². The lowest BCUT2D eigenvalue weighted by Crippen LogP contribution is -2.23. The Labute approximate surface area is 169 Å². The van der Waals surface area contributed by atoms with Crippen molar-refractivity contribution in [2.24, 2.45) is 0 Å². The monoisotopic (exact) mass is 399 g/mol. The molecule has 1 saturated heterocycles. The zero-order valence-electron chi connectivity index (χ0n) is 15.9. The van der Waals surface area contributed by atoms with Gasteiger partial charge in [-0.05, 0) is 49.7 Å². The Morgan fingerprint density at radius 2 is 2.00 bits per heavy atom. The highest BCUT2D eigenvalue weighted by atomic mass is 35.5. The van der Waals surface area contributed by atoms with Crippen molar-refractivity contribution >= 4 is 11.6 Å². The molecule has 4 rings (SSSR count). The van der Waals surface area contributed by atoms with Gasteiger partial charge >= 0.3 is 0 Å². The van der Waals surface area contributed by atoms with E-state index in [0.29, 0.717) is 23.3 Å². The SMILES string of the molecule is COc1ccc(OC)c(C2CCCN2Cc2nnc(-c3ccccc3Cl)o2)c1. The molecule has 1 aromatic heterocycles. The average Bonchev–Trinajstić information content (AvgIpc) is 3.38. The van der Waals surface area contributed by atoms with E-state index in [0.717, 1.165) is 42.0 Å². The molecule has 28 heavy (non-hydrogen) atoms. The summed E-state index contributed by atoms with van der Waals surface area (Å²) in [5.74, 6) is 2.69. The quantitative estimate of drug-likeness (QED) is 0.596. The van der Waals surface area contributed by atoms with Crippen LogP contribution in [0.15, 0.2) is 46.9 Å². The van der Waals surface area contributed by atoms with E-state index in [1.165, 1.54) is 0 Å². The molecule has 3 aromatic rings. The van der Waals surface area contributed by atoms with E-state index in [-0.39, 0.29) is 6.04 Å². The van der Waals surface area contributed by atoms with Crippen LogP contribution in [0.5, 0.6) is 11.5 Å². The van der Waals surface area contributed by atoms with E-state index in [9.17, 15) is 0 Å². The predicted molar refractivity (Wildman–Crippen MR) is 107 cm³/mol. The normalized spacial score (nSPS) is 17.0. The maximum atomic E-state index is 6.24. The van der Waals surface area contributed by atoms with Crippen LogP contribution in [0.25, 0.3) is 11.5 Å². The third kappa shape index (κ3) is 3.70. The second-order valence-electron chi connectivity index (χ2n) is 6.72. The van der Waals surface area contributed by atoms with Crippen molar-refractivity contribution < 1.29 is 13.9 Å². The van der Waals surface area contributed by atoms with Gasteiger partial charge < -0.3 is 13.9 Å². The smallest absolute Gasteiger partial charge is 0.249 e. The van der Waals surface area contributed by atoms with Crippen LogP contribution in [-0.2, 0) is 6.54 Å². The molecule has 0 N–H and O–H groups in total. The minimum atomic E-state index is 0.209. The van der Waals surface area contributed by atoms with Crippen LogP contribution in [0, 0.1) is 0 Å². The Balaban J connectivity index is 1.57. The van der Waals surface area contributed by atoms with Gasteiger partial charge in [-0.3, -0.25) is 4.90 Å². The Morgan fingerprint density at radius 3 is 2.79 bits per heavy atom. The van der Waals surface area contributed by atoms with Crippen LogP contribution >= 0.6 is 11.6 Å². The second kappa shape index (κ2) is 8.20. The Kier molecular flexibility index (Phi) is 5.50. The summed E-state index contributed by atoms with van der Waals surface area (Å²) in [7, 11) is 3.37. The van der Waals surface area contributed by atoms with E-state index < -0.39 is 0 Å². The van der Waals surface area contributed by atoms with Gasteiger partial charge in [-0.2, -0.15) is 0 Å². The molecule has 2 aromatic carbocycles. The average molecular weight is 400 g/mol. The fourth-order valence-electron chi connectivity index (χ4n) is 3.70. The number of likely N-dealkylation sites (tertiary alicyclic amines) is 1. The third-order valence-electron chi connectivity index (χ3n) is 5.07. The van der Waals surface area contributed by atoms with Crippen molar-refractivity contribution in [3.05, 3.63) is 58.9 Å². The van der Waals surface area contributed by atoms with Crippen molar-refractivity contribution in [2.45, 2.75) is 25.4 Å². The molecule has 7 heteroatoms. The molecule has 0 spiro atoms. The van der Waals surface area contributed by atoms with E-state index in [2.05, 4.69) is 15.1 Å². The largest absolute Gasteiger partial charge is 0.497 e. The van der Waals surface area contributed by atoms with Gasteiger partial charge in [0, 0.05) is 11.6 Å². The summed E-state index contributed by atoms with van der Waals surface area (Å²) in [6.07, 6.45) is 2.13. The summed E-state index contributed by atoms with van der Waals surface area (Å²) in [5.41, 5.74) is 1.86. The molecule has 1 atom stereocenters. The summed E-state index contributed by atoms with van der Waals surface area (Å²) >= 11 is 6.24. The maximum Gasteiger partial charge on any atom is 0.249 e. The van der Waals surface area contributed by atoms with Crippen LogP contribution in [0.1, 0.15) is 30.3 Å². The number of rotatable bonds is 6. The molecule has 1 aliphatic heterocycles. The zero-order chi connectivity index (χ0) is 19.5. The first-order valence-electron chi connectivity index (χ1n) is 9.23. The Hall–Kier alpha value is -2.57. The number of ether oxygens (including phenoxy) is 2. The highest BCUT2D eigenvalue weighted by Gasteiger charge is 2.30. The number of nitrogens with zero attached hydrogens (tertiary/aromatic N) is 3. The van der Waals surface area contributed by atoms with Crippen LogP contribution in [-0.4, -0.2) is 35.9 Å². The lowest BCUT2D eigenvalue weighted by Gasteiger charge is -2.25. The molecular weight excluding hydrogens is 378 g/mol. The van der Waals surface area contributed by atoms with Crippen molar-refractivity contribution in [1.29, 1.82) is 0 Å². The van der Waals surface area contributed by atoms with E-state index in [1.54, 1.807) is 14.2 Å². The van der Waals surface area contributed by atoms with Crippen LogP contribution in [0.3, 0.4) is 0 Å². The second-order valence-corrected chi connectivity index (χ2v) is 7.12. The first-order chi connectivity index (χ1) is 13.7. The van der Waals surface area contributed by atoms with Crippen molar-refractivity contribution in [1.82, 2.24) is 15.1 Å². The first kappa shape index (κ1) is 18.8. The molecule has 1 aliphatic rings. The highest BCUT2D eigenvalue weighted by molar-refractivity contribution is 6.33. The fourth-order valence-corrected chi connectivity index (χ4v) is 3.92. The van der Waals surface area contributed by atoms with Gasteiger partial charge in [0.1, 0.15) is 11.5 Å². The Morgan fingerprint density at radius 1 is 1.14 bits per heavy atom. The molecule has 2 heterocycles. The Bertz CT molecular complexity index is 960.